The minimum absolute atomic E-state index is 0.222. The Balaban J connectivity index is 3.15. The van der Waals surface area contributed by atoms with Gasteiger partial charge in [0.05, 0.1) is 5.56 Å². The van der Waals surface area contributed by atoms with Gasteiger partial charge < -0.3 is 9.84 Å². The number of aromatic hydroxyl groups is 1. The average Bonchev–Trinajstić information content (AvgIpc) is 2.32. The van der Waals surface area contributed by atoms with Gasteiger partial charge in [-0.2, -0.15) is 0 Å². The summed E-state index contributed by atoms with van der Waals surface area (Å²) in [5, 5.41) is 10.1. The Bertz CT molecular complexity index is 543. The molecule has 2 N–H and O–H groups in total. The molecule has 0 fully saturated rings. The van der Waals surface area contributed by atoms with Crippen LogP contribution in [-0.2, 0) is 17.7 Å². The fraction of sp³-hybridized carbons (Fsp3) is 0.692. The fourth-order valence-corrected chi connectivity index (χ4v) is 1.95. The Morgan fingerprint density at radius 3 is 2.53 bits per heavy atom. The van der Waals surface area contributed by atoms with Gasteiger partial charge in [0.1, 0.15) is 0 Å². The van der Waals surface area contributed by atoms with Crippen molar-refractivity contribution in [1.82, 2.24) is 9.55 Å². The molecule has 0 spiro atoms. The summed E-state index contributed by atoms with van der Waals surface area (Å²) < 4.78 is 6.25. The molecule has 0 aliphatic carbocycles. The lowest BCUT2D eigenvalue weighted by atomic mass is 9.89. The van der Waals surface area contributed by atoms with Gasteiger partial charge in [0.2, 0.25) is 5.88 Å². The number of aromatic nitrogens is 2. The number of H-pyrrole nitrogens is 1. The zero-order chi connectivity index (χ0) is 14.6. The summed E-state index contributed by atoms with van der Waals surface area (Å²) >= 11 is 0. The first-order valence-electron chi connectivity index (χ1n) is 6.36. The Labute approximate surface area is 112 Å². The second kappa shape index (κ2) is 6.06. The van der Waals surface area contributed by atoms with E-state index in [1.54, 1.807) is 14.0 Å². The molecule has 19 heavy (non-hydrogen) atoms. The van der Waals surface area contributed by atoms with E-state index in [0.29, 0.717) is 19.6 Å². The van der Waals surface area contributed by atoms with Gasteiger partial charge in [0.15, 0.2) is 0 Å². The average molecular weight is 270 g/mol. The summed E-state index contributed by atoms with van der Waals surface area (Å²) in [4.78, 5) is 25.6. The van der Waals surface area contributed by atoms with Crippen molar-refractivity contribution in [3.05, 3.63) is 26.4 Å². The zero-order valence-corrected chi connectivity index (χ0v) is 11.9. The third kappa shape index (κ3) is 3.70. The molecular weight excluding hydrogens is 248 g/mol. The number of aromatic amines is 1. The summed E-state index contributed by atoms with van der Waals surface area (Å²) in [5.41, 5.74) is -1.08. The van der Waals surface area contributed by atoms with Gasteiger partial charge in [0, 0.05) is 20.3 Å². The maximum Gasteiger partial charge on any atom is 0.331 e. The van der Waals surface area contributed by atoms with Crippen LogP contribution >= 0.6 is 0 Å². The zero-order valence-electron chi connectivity index (χ0n) is 11.9. The summed E-state index contributed by atoms with van der Waals surface area (Å²) in [7, 11) is 1.62. The highest BCUT2D eigenvalue weighted by Crippen LogP contribution is 2.24. The van der Waals surface area contributed by atoms with Crippen LogP contribution in [0.15, 0.2) is 9.59 Å². The van der Waals surface area contributed by atoms with Crippen LogP contribution in [0.4, 0.5) is 0 Å². The van der Waals surface area contributed by atoms with Crippen LogP contribution in [0.3, 0.4) is 0 Å². The lowest BCUT2D eigenvalue weighted by Crippen LogP contribution is -2.36. The van der Waals surface area contributed by atoms with Gasteiger partial charge in [-0.3, -0.25) is 14.3 Å². The van der Waals surface area contributed by atoms with Crippen molar-refractivity contribution in [3.63, 3.8) is 0 Å². The minimum atomic E-state index is -0.579. The molecule has 0 aliphatic rings. The highest BCUT2D eigenvalue weighted by atomic mass is 16.5. The quantitative estimate of drug-likeness (QED) is 0.803. The fourth-order valence-electron chi connectivity index (χ4n) is 1.95. The summed E-state index contributed by atoms with van der Waals surface area (Å²) in [6.07, 6.45) is 1.12. The molecule has 0 radical (unpaired) electrons. The van der Waals surface area contributed by atoms with Crippen LogP contribution in [0.5, 0.6) is 5.88 Å². The molecule has 6 heteroatoms. The molecule has 0 saturated heterocycles. The van der Waals surface area contributed by atoms with Crippen molar-refractivity contribution in [1.29, 1.82) is 0 Å². The third-order valence-corrected chi connectivity index (χ3v) is 3.19. The Morgan fingerprint density at radius 1 is 1.37 bits per heavy atom. The van der Waals surface area contributed by atoms with Crippen LogP contribution < -0.4 is 11.2 Å². The monoisotopic (exact) mass is 270 g/mol. The number of hydrogen-bond acceptors (Lipinski definition) is 4. The second-order valence-electron chi connectivity index (χ2n) is 5.41. The topological polar surface area (TPSA) is 84.3 Å². The third-order valence-electron chi connectivity index (χ3n) is 3.19. The molecule has 0 unspecified atom stereocenters. The first-order chi connectivity index (χ1) is 8.82. The number of nitrogens with zero attached hydrogens (tertiary/aromatic N) is 1. The molecule has 1 aromatic rings. The molecule has 0 atom stereocenters. The van der Waals surface area contributed by atoms with E-state index in [0.717, 1.165) is 6.42 Å². The van der Waals surface area contributed by atoms with E-state index in [-0.39, 0.29) is 16.9 Å². The Hall–Kier alpha value is -1.56. The molecule has 0 aliphatic heterocycles. The lowest BCUT2D eigenvalue weighted by Gasteiger charge is -2.25. The van der Waals surface area contributed by atoms with E-state index in [1.807, 2.05) is 13.8 Å². The molecule has 0 aromatic carbocycles. The van der Waals surface area contributed by atoms with Crippen molar-refractivity contribution < 1.29 is 9.84 Å². The van der Waals surface area contributed by atoms with Gasteiger partial charge >= 0.3 is 5.69 Å². The number of nitrogens with one attached hydrogen (secondary N) is 1. The van der Waals surface area contributed by atoms with Crippen LogP contribution in [0.25, 0.3) is 0 Å². The van der Waals surface area contributed by atoms with Crippen LogP contribution in [0.1, 0.15) is 32.8 Å². The first kappa shape index (κ1) is 15.5. The van der Waals surface area contributed by atoms with Crippen molar-refractivity contribution in [3.8, 4) is 5.88 Å². The predicted octanol–water partition coefficient (Wildman–Crippen LogP) is 0.867. The van der Waals surface area contributed by atoms with Crippen molar-refractivity contribution in [2.45, 2.75) is 40.2 Å². The van der Waals surface area contributed by atoms with Crippen LogP contribution in [0.2, 0.25) is 0 Å². The Morgan fingerprint density at radius 2 is 2.00 bits per heavy atom. The van der Waals surface area contributed by atoms with Crippen molar-refractivity contribution in [2.75, 3.05) is 13.7 Å². The van der Waals surface area contributed by atoms with Crippen molar-refractivity contribution >= 4 is 0 Å². The standard InChI is InChI=1S/C13H22N2O4/c1-5-9-10(16)14-12(18)15(11(9)17)8-13(2,3)6-7-19-4/h17H,5-8H2,1-4H3,(H,14,16,18). The smallest absolute Gasteiger partial charge is 0.331 e. The summed E-state index contributed by atoms with van der Waals surface area (Å²) in [5.74, 6) is -0.234. The largest absolute Gasteiger partial charge is 0.494 e. The van der Waals surface area contributed by atoms with Crippen LogP contribution in [-0.4, -0.2) is 28.4 Å². The molecule has 0 saturated carbocycles. The van der Waals surface area contributed by atoms with E-state index >= 15 is 0 Å². The summed E-state index contributed by atoms with van der Waals surface area (Å²) in [6.45, 7) is 6.62. The van der Waals surface area contributed by atoms with E-state index in [2.05, 4.69) is 4.98 Å². The maximum atomic E-state index is 11.8. The minimum Gasteiger partial charge on any atom is -0.494 e. The number of rotatable bonds is 6. The van der Waals surface area contributed by atoms with Gasteiger partial charge in [-0.25, -0.2) is 4.79 Å². The molecular formula is C13H22N2O4. The highest BCUT2D eigenvalue weighted by molar-refractivity contribution is 5.22. The van der Waals surface area contributed by atoms with Gasteiger partial charge in [-0.1, -0.05) is 20.8 Å². The molecule has 6 nitrogen and oxygen atoms in total. The normalized spacial score (nSPS) is 11.8. The summed E-state index contributed by atoms with van der Waals surface area (Å²) in [6, 6.07) is 0. The highest BCUT2D eigenvalue weighted by Gasteiger charge is 2.22. The number of ether oxygens (including phenoxy) is 1. The molecule has 0 amide bonds. The SMILES string of the molecule is CCc1c(O)n(CC(C)(C)CCOC)c(=O)[nH]c1=O. The van der Waals surface area contributed by atoms with E-state index in [9.17, 15) is 14.7 Å². The molecule has 1 heterocycles. The Kier molecular flexibility index (Phi) is 4.94. The van der Waals surface area contributed by atoms with E-state index < -0.39 is 11.2 Å². The lowest BCUT2D eigenvalue weighted by molar-refractivity contribution is 0.139. The number of methoxy groups -OCH3 is 1. The maximum absolute atomic E-state index is 11.8. The molecule has 108 valence electrons. The second-order valence-corrected chi connectivity index (χ2v) is 5.41. The predicted molar refractivity (Wildman–Crippen MR) is 72.6 cm³/mol. The first-order valence-corrected chi connectivity index (χ1v) is 6.36. The van der Waals surface area contributed by atoms with Gasteiger partial charge in [-0.05, 0) is 18.3 Å². The molecule has 1 aromatic heterocycles. The number of hydrogen-bond donors (Lipinski definition) is 2. The molecule has 1 rings (SSSR count). The van der Waals surface area contributed by atoms with Gasteiger partial charge in [-0.15, -0.1) is 0 Å². The van der Waals surface area contributed by atoms with Gasteiger partial charge in [0.25, 0.3) is 5.56 Å². The van der Waals surface area contributed by atoms with Crippen molar-refractivity contribution in [2.24, 2.45) is 5.41 Å². The van der Waals surface area contributed by atoms with E-state index in [1.165, 1.54) is 4.57 Å². The van der Waals surface area contributed by atoms with Crippen LogP contribution in [0, 0.1) is 5.41 Å². The van der Waals surface area contributed by atoms with E-state index in [4.69, 9.17) is 4.74 Å². The molecule has 0 bridgehead atoms.